The van der Waals surface area contributed by atoms with Crippen LogP contribution in [0.4, 0.5) is 13.2 Å². The van der Waals surface area contributed by atoms with Crippen molar-refractivity contribution in [3.63, 3.8) is 0 Å². The summed E-state index contributed by atoms with van der Waals surface area (Å²) in [6.07, 6.45) is -2.48. The van der Waals surface area contributed by atoms with Crippen LogP contribution in [0.3, 0.4) is 0 Å². The molecule has 2 heterocycles. The molecule has 2 aliphatic rings. The lowest BCUT2D eigenvalue weighted by Gasteiger charge is -2.23. The third-order valence-electron chi connectivity index (χ3n) is 4.73. The molecule has 0 radical (unpaired) electrons. The fourth-order valence-corrected chi connectivity index (χ4v) is 3.33. The summed E-state index contributed by atoms with van der Waals surface area (Å²) in [5.41, 5.74) is -0.140. The van der Waals surface area contributed by atoms with Crippen molar-refractivity contribution in [2.75, 3.05) is 6.54 Å². The Morgan fingerprint density at radius 2 is 2.08 bits per heavy atom. The predicted octanol–water partition coefficient (Wildman–Crippen LogP) is 3.27. The standard InChI is InChI=1S/C17H18F3N3O2/c18-17(19,20)12-3-1-2-11(6-12)14-7-13(24)8-23(14)9-15-21-16(25-22-15)10-4-5-10/h1-3,6,10,13-14,24H,4-5,7-9H2/t13-,14+/m0/s1. The SMILES string of the molecule is O[C@H]1C[C@H](c2cccc(C(F)(F)F)c2)N(Cc2noc(C3CC3)n2)C1. The minimum atomic E-state index is -4.38. The van der Waals surface area contributed by atoms with Gasteiger partial charge in [-0.2, -0.15) is 18.2 Å². The van der Waals surface area contributed by atoms with Gasteiger partial charge in [-0.3, -0.25) is 4.90 Å². The zero-order valence-corrected chi connectivity index (χ0v) is 13.4. The number of hydrogen-bond acceptors (Lipinski definition) is 5. The predicted molar refractivity (Wildman–Crippen MR) is 81.5 cm³/mol. The molecule has 1 aliphatic carbocycles. The first-order valence-corrected chi connectivity index (χ1v) is 8.32. The van der Waals surface area contributed by atoms with Gasteiger partial charge in [0.05, 0.1) is 18.2 Å². The molecule has 1 saturated carbocycles. The van der Waals surface area contributed by atoms with Gasteiger partial charge in [-0.15, -0.1) is 0 Å². The summed E-state index contributed by atoms with van der Waals surface area (Å²) >= 11 is 0. The normalized spacial score (nSPS) is 24.8. The van der Waals surface area contributed by atoms with E-state index in [0.717, 1.165) is 25.0 Å². The molecule has 2 aromatic rings. The summed E-state index contributed by atoms with van der Waals surface area (Å²) in [7, 11) is 0. The number of benzene rings is 1. The first-order valence-electron chi connectivity index (χ1n) is 8.32. The van der Waals surface area contributed by atoms with Gasteiger partial charge in [0.25, 0.3) is 0 Å². The van der Waals surface area contributed by atoms with Crippen molar-refractivity contribution in [3.05, 3.63) is 47.1 Å². The van der Waals surface area contributed by atoms with E-state index >= 15 is 0 Å². The van der Waals surface area contributed by atoms with E-state index < -0.39 is 17.8 Å². The van der Waals surface area contributed by atoms with Gasteiger partial charge >= 0.3 is 6.18 Å². The van der Waals surface area contributed by atoms with Crippen LogP contribution >= 0.6 is 0 Å². The first-order chi connectivity index (χ1) is 11.9. The molecule has 4 rings (SSSR count). The number of halogens is 3. The number of hydrogen-bond donors (Lipinski definition) is 1. The average Bonchev–Trinajstić information content (AvgIpc) is 3.20. The second kappa shape index (κ2) is 6.10. The molecule has 5 nitrogen and oxygen atoms in total. The Bertz CT molecular complexity index is 758. The number of alkyl halides is 3. The number of likely N-dealkylation sites (tertiary alicyclic amines) is 1. The van der Waals surface area contributed by atoms with Crippen molar-refractivity contribution in [1.82, 2.24) is 15.0 Å². The van der Waals surface area contributed by atoms with Gasteiger partial charge in [-0.05, 0) is 37.0 Å². The van der Waals surface area contributed by atoms with E-state index in [-0.39, 0.29) is 6.04 Å². The minimum Gasteiger partial charge on any atom is -0.392 e. The smallest absolute Gasteiger partial charge is 0.392 e. The van der Waals surface area contributed by atoms with Crippen LogP contribution in [0.1, 0.15) is 54.1 Å². The van der Waals surface area contributed by atoms with Crippen molar-refractivity contribution >= 4 is 0 Å². The van der Waals surface area contributed by atoms with Crippen molar-refractivity contribution in [3.8, 4) is 0 Å². The maximum Gasteiger partial charge on any atom is 0.416 e. The second-order valence-corrected chi connectivity index (χ2v) is 6.78. The molecular formula is C17H18F3N3O2. The fourth-order valence-electron chi connectivity index (χ4n) is 3.33. The van der Waals surface area contributed by atoms with Crippen molar-refractivity contribution < 1.29 is 22.8 Å². The van der Waals surface area contributed by atoms with E-state index in [9.17, 15) is 18.3 Å². The van der Waals surface area contributed by atoms with Crippen LogP contribution < -0.4 is 0 Å². The molecule has 0 amide bonds. The molecule has 2 atom stereocenters. The quantitative estimate of drug-likeness (QED) is 0.914. The molecule has 134 valence electrons. The van der Waals surface area contributed by atoms with E-state index in [0.29, 0.717) is 42.7 Å². The molecule has 1 aromatic heterocycles. The Hall–Kier alpha value is -1.93. The van der Waals surface area contributed by atoms with Gasteiger partial charge < -0.3 is 9.63 Å². The van der Waals surface area contributed by atoms with E-state index in [2.05, 4.69) is 10.1 Å². The van der Waals surface area contributed by atoms with Crippen molar-refractivity contribution in [2.45, 2.75) is 50.0 Å². The van der Waals surface area contributed by atoms with Gasteiger partial charge in [-0.1, -0.05) is 17.3 Å². The van der Waals surface area contributed by atoms with Crippen molar-refractivity contribution in [1.29, 1.82) is 0 Å². The van der Waals surface area contributed by atoms with Gasteiger partial charge in [0.2, 0.25) is 5.89 Å². The Labute approximate surface area is 142 Å². The van der Waals surface area contributed by atoms with E-state index in [1.54, 1.807) is 6.07 Å². The van der Waals surface area contributed by atoms with Gasteiger partial charge in [0.15, 0.2) is 5.82 Å². The molecule has 25 heavy (non-hydrogen) atoms. The Morgan fingerprint density at radius 3 is 2.80 bits per heavy atom. The number of aliphatic hydroxyl groups is 1. The summed E-state index contributed by atoms with van der Waals surface area (Å²) in [5.74, 6) is 1.49. The molecule has 0 unspecified atom stereocenters. The summed E-state index contributed by atoms with van der Waals surface area (Å²) in [4.78, 5) is 6.27. The number of β-amino-alcohol motifs (C(OH)–C–C–N with tert-alkyl or cyclic N) is 1. The molecule has 1 N–H and O–H groups in total. The van der Waals surface area contributed by atoms with E-state index in [1.807, 2.05) is 4.90 Å². The zero-order valence-electron chi connectivity index (χ0n) is 13.4. The van der Waals surface area contributed by atoms with E-state index in [4.69, 9.17) is 4.52 Å². The lowest BCUT2D eigenvalue weighted by atomic mass is 10.0. The van der Waals surface area contributed by atoms with Crippen LogP contribution in [-0.4, -0.2) is 32.8 Å². The molecule has 0 spiro atoms. The monoisotopic (exact) mass is 353 g/mol. The molecule has 2 fully saturated rings. The van der Waals surface area contributed by atoms with Crippen LogP contribution in [0, 0.1) is 0 Å². The largest absolute Gasteiger partial charge is 0.416 e. The average molecular weight is 353 g/mol. The van der Waals surface area contributed by atoms with Crippen LogP contribution in [-0.2, 0) is 12.7 Å². The van der Waals surface area contributed by atoms with E-state index in [1.165, 1.54) is 6.07 Å². The van der Waals surface area contributed by atoms with Crippen LogP contribution in [0.15, 0.2) is 28.8 Å². The van der Waals surface area contributed by atoms with Crippen LogP contribution in [0.25, 0.3) is 0 Å². The number of aliphatic hydroxyl groups excluding tert-OH is 1. The number of rotatable bonds is 4. The van der Waals surface area contributed by atoms with Crippen LogP contribution in [0.2, 0.25) is 0 Å². The lowest BCUT2D eigenvalue weighted by Crippen LogP contribution is -2.25. The second-order valence-electron chi connectivity index (χ2n) is 6.78. The zero-order chi connectivity index (χ0) is 17.6. The van der Waals surface area contributed by atoms with Gasteiger partial charge in [0, 0.05) is 18.5 Å². The highest BCUT2D eigenvalue weighted by Gasteiger charge is 2.36. The summed E-state index contributed by atoms with van der Waals surface area (Å²) in [6, 6.07) is 4.97. The molecular weight excluding hydrogens is 335 g/mol. The highest BCUT2D eigenvalue weighted by atomic mass is 19.4. The summed E-state index contributed by atoms with van der Waals surface area (Å²) < 4.78 is 44.1. The summed E-state index contributed by atoms with van der Waals surface area (Å²) in [5, 5.41) is 14.0. The molecule has 1 saturated heterocycles. The third-order valence-corrected chi connectivity index (χ3v) is 4.73. The maximum absolute atomic E-state index is 13.0. The molecule has 1 aromatic carbocycles. The highest BCUT2D eigenvalue weighted by molar-refractivity contribution is 5.29. The number of nitrogens with zero attached hydrogens (tertiary/aromatic N) is 3. The number of aromatic nitrogens is 2. The summed E-state index contributed by atoms with van der Waals surface area (Å²) in [6.45, 7) is 0.711. The Kier molecular flexibility index (Phi) is 4.04. The fraction of sp³-hybridized carbons (Fsp3) is 0.529. The molecule has 0 bridgehead atoms. The van der Waals surface area contributed by atoms with Gasteiger partial charge in [0.1, 0.15) is 0 Å². The maximum atomic E-state index is 13.0. The third kappa shape index (κ3) is 3.55. The Balaban J connectivity index is 1.54. The lowest BCUT2D eigenvalue weighted by molar-refractivity contribution is -0.137. The highest BCUT2D eigenvalue weighted by Crippen LogP contribution is 2.40. The van der Waals surface area contributed by atoms with Crippen molar-refractivity contribution in [2.24, 2.45) is 0 Å². The Morgan fingerprint density at radius 1 is 1.28 bits per heavy atom. The molecule has 8 heteroatoms. The topological polar surface area (TPSA) is 62.4 Å². The van der Waals surface area contributed by atoms with Gasteiger partial charge in [-0.25, -0.2) is 0 Å². The minimum absolute atomic E-state index is 0.305. The van der Waals surface area contributed by atoms with Crippen LogP contribution in [0.5, 0.6) is 0 Å². The molecule has 1 aliphatic heterocycles. The first kappa shape index (κ1) is 16.5.